The molecule has 0 spiro atoms. The molecule has 0 aromatic heterocycles. The van der Waals surface area contributed by atoms with E-state index in [9.17, 15) is 14.7 Å². The number of aliphatic hydroxyl groups excluding tert-OH is 1. The Labute approximate surface area is 125 Å². The van der Waals surface area contributed by atoms with Crippen LogP contribution in [0, 0.1) is 17.8 Å². The first-order chi connectivity index (χ1) is 9.76. The number of hydrogen-bond donors (Lipinski definition) is 1. The van der Waals surface area contributed by atoms with Gasteiger partial charge in [-0.1, -0.05) is 0 Å². The van der Waals surface area contributed by atoms with E-state index in [0.717, 1.165) is 0 Å². The maximum atomic E-state index is 12.4. The summed E-state index contributed by atoms with van der Waals surface area (Å²) in [5, 5.41) is 9.51. The van der Waals surface area contributed by atoms with Crippen molar-refractivity contribution in [2.45, 2.75) is 38.9 Å². The third kappa shape index (κ3) is 2.86. The van der Waals surface area contributed by atoms with Crippen LogP contribution in [0.25, 0.3) is 0 Å². The summed E-state index contributed by atoms with van der Waals surface area (Å²) in [7, 11) is 0. The Bertz CT molecular complexity index is 447. The van der Waals surface area contributed by atoms with Crippen molar-refractivity contribution < 1.29 is 19.4 Å². The molecule has 1 saturated carbocycles. The molecule has 3 rings (SSSR count). The third-order valence-electron chi connectivity index (χ3n) is 4.61. The fourth-order valence-electron chi connectivity index (χ4n) is 3.52. The summed E-state index contributed by atoms with van der Waals surface area (Å²) in [4.78, 5) is 27.8. The molecule has 3 fully saturated rings. The van der Waals surface area contributed by atoms with Crippen LogP contribution in [-0.4, -0.2) is 64.8 Å². The van der Waals surface area contributed by atoms with Crippen molar-refractivity contribution in [3.63, 3.8) is 0 Å². The minimum absolute atomic E-state index is 0.0500. The number of likely N-dealkylation sites (tertiary alicyclic amines) is 2. The number of β-amino-alcohol motifs (C(OH)–C–C–N with tert-alkyl or cyclic N) is 1. The molecule has 2 amide bonds. The highest BCUT2D eigenvalue weighted by Gasteiger charge is 2.61. The average Bonchev–Trinajstić information content (AvgIpc) is 2.76. The van der Waals surface area contributed by atoms with E-state index in [0.29, 0.717) is 32.6 Å². The van der Waals surface area contributed by atoms with Gasteiger partial charge in [0.05, 0.1) is 6.10 Å². The Kier molecular flexibility index (Phi) is 3.39. The lowest BCUT2D eigenvalue weighted by Gasteiger charge is -2.26. The van der Waals surface area contributed by atoms with Gasteiger partial charge in [0.2, 0.25) is 5.91 Å². The number of rotatable bonds is 1. The van der Waals surface area contributed by atoms with Crippen molar-refractivity contribution in [1.29, 1.82) is 0 Å². The smallest absolute Gasteiger partial charge is 0.410 e. The molecule has 1 unspecified atom stereocenters. The van der Waals surface area contributed by atoms with Crippen LogP contribution in [0.4, 0.5) is 4.79 Å². The van der Waals surface area contributed by atoms with Crippen LogP contribution in [0.1, 0.15) is 27.2 Å². The molecule has 0 bridgehead atoms. The van der Waals surface area contributed by atoms with Gasteiger partial charge in [0.15, 0.2) is 0 Å². The molecule has 0 aromatic carbocycles. The molecular weight excluding hydrogens is 272 g/mol. The van der Waals surface area contributed by atoms with Gasteiger partial charge in [-0.15, -0.1) is 0 Å². The maximum absolute atomic E-state index is 12.4. The zero-order valence-electron chi connectivity index (χ0n) is 12.9. The van der Waals surface area contributed by atoms with Gasteiger partial charge in [-0.05, 0) is 39.0 Å². The van der Waals surface area contributed by atoms with Crippen LogP contribution in [-0.2, 0) is 9.53 Å². The molecule has 1 aliphatic carbocycles. The molecule has 3 aliphatic rings. The lowest BCUT2D eigenvalue weighted by molar-refractivity contribution is -0.132. The highest BCUT2D eigenvalue weighted by Crippen LogP contribution is 2.53. The summed E-state index contributed by atoms with van der Waals surface area (Å²) in [6.07, 6.45) is 0.0287. The molecular formula is C15H24N2O4. The van der Waals surface area contributed by atoms with Crippen molar-refractivity contribution in [3.05, 3.63) is 0 Å². The third-order valence-corrected chi connectivity index (χ3v) is 4.61. The van der Waals surface area contributed by atoms with E-state index in [1.165, 1.54) is 0 Å². The summed E-state index contributed by atoms with van der Waals surface area (Å²) in [6, 6.07) is 0. The van der Waals surface area contributed by atoms with Gasteiger partial charge in [0.1, 0.15) is 5.60 Å². The maximum Gasteiger partial charge on any atom is 0.410 e. The van der Waals surface area contributed by atoms with Gasteiger partial charge < -0.3 is 19.6 Å². The minimum Gasteiger partial charge on any atom is -0.444 e. The summed E-state index contributed by atoms with van der Waals surface area (Å²) >= 11 is 0. The summed E-state index contributed by atoms with van der Waals surface area (Å²) < 4.78 is 5.36. The molecule has 0 aromatic rings. The van der Waals surface area contributed by atoms with Gasteiger partial charge in [-0.2, -0.15) is 0 Å². The Hall–Kier alpha value is -1.30. The van der Waals surface area contributed by atoms with Crippen LogP contribution in [0.15, 0.2) is 0 Å². The molecule has 21 heavy (non-hydrogen) atoms. The molecule has 2 heterocycles. The van der Waals surface area contributed by atoms with E-state index in [1.807, 2.05) is 20.8 Å². The number of amides is 2. The lowest BCUT2D eigenvalue weighted by Crippen LogP contribution is -2.39. The van der Waals surface area contributed by atoms with Gasteiger partial charge in [-0.3, -0.25) is 4.79 Å². The molecule has 2 aliphatic heterocycles. The van der Waals surface area contributed by atoms with Crippen LogP contribution in [0.3, 0.4) is 0 Å². The van der Waals surface area contributed by atoms with Crippen molar-refractivity contribution in [2.75, 3.05) is 26.2 Å². The lowest BCUT2D eigenvalue weighted by atomic mass is 10.2. The monoisotopic (exact) mass is 296 g/mol. The SMILES string of the molecule is CC(C)(C)OC(=O)N1C[C@@H]2C(C(=O)N3CC[C@@H](O)C3)[C@@H]2C1. The predicted molar refractivity (Wildman–Crippen MR) is 75.5 cm³/mol. The fourth-order valence-corrected chi connectivity index (χ4v) is 3.52. The second-order valence-electron chi connectivity index (χ2n) is 7.47. The zero-order chi connectivity index (χ0) is 15.4. The predicted octanol–water partition coefficient (Wildman–Crippen LogP) is 0.693. The Morgan fingerprint density at radius 1 is 1.10 bits per heavy atom. The van der Waals surface area contributed by atoms with Crippen LogP contribution >= 0.6 is 0 Å². The van der Waals surface area contributed by atoms with Crippen LogP contribution in [0.5, 0.6) is 0 Å². The number of piperidine rings is 1. The first-order valence-corrected chi connectivity index (χ1v) is 7.71. The van der Waals surface area contributed by atoms with Gasteiger partial charge in [-0.25, -0.2) is 4.79 Å². The molecule has 118 valence electrons. The minimum atomic E-state index is -0.481. The standard InChI is InChI=1S/C15H24N2O4/c1-15(2,3)21-14(20)17-7-10-11(8-17)12(10)13(19)16-5-4-9(18)6-16/h9-12,18H,4-8H2,1-3H3/t9-,10-,11+,12?/m1/s1. The summed E-state index contributed by atoms with van der Waals surface area (Å²) in [5.41, 5.74) is -0.481. The fraction of sp³-hybridized carbons (Fsp3) is 0.867. The van der Waals surface area contributed by atoms with E-state index in [4.69, 9.17) is 4.74 Å². The number of ether oxygens (including phenoxy) is 1. The number of nitrogens with zero attached hydrogens (tertiary/aromatic N) is 2. The second-order valence-corrected chi connectivity index (χ2v) is 7.47. The number of carbonyl (C=O) groups excluding carboxylic acids is 2. The summed E-state index contributed by atoms with van der Waals surface area (Å²) in [5.74, 6) is 0.768. The van der Waals surface area contributed by atoms with Crippen LogP contribution < -0.4 is 0 Å². The first kappa shape index (κ1) is 14.6. The molecule has 6 nitrogen and oxygen atoms in total. The molecule has 1 N–H and O–H groups in total. The first-order valence-electron chi connectivity index (χ1n) is 7.71. The van der Waals surface area contributed by atoms with E-state index >= 15 is 0 Å². The molecule has 2 saturated heterocycles. The molecule has 0 radical (unpaired) electrons. The van der Waals surface area contributed by atoms with Crippen molar-refractivity contribution >= 4 is 12.0 Å². The van der Waals surface area contributed by atoms with Crippen LogP contribution in [0.2, 0.25) is 0 Å². The quantitative estimate of drug-likeness (QED) is 0.773. The van der Waals surface area contributed by atoms with Gasteiger partial charge in [0.25, 0.3) is 0 Å². The second kappa shape index (κ2) is 4.87. The van der Waals surface area contributed by atoms with E-state index < -0.39 is 5.60 Å². The number of aliphatic hydroxyl groups is 1. The zero-order valence-corrected chi connectivity index (χ0v) is 12.9. The molecule has 6 heteroatoms. The topological polar surface area (TPSA) is 70.1 Å². The number of fused-ring (bicyclic) bond motifs is 1. The van der Waals surface area contributed by atoms with E-state index in [-0.39, 0.29) is 35.9 Å². The molecule has 4 atom stereocenters. The van der Waals surface area contributed by atoms with Crippen molar-refractivity contribution in [3.8, 4) is 0 Å². The van der Waals surface area contributed by atoms with Gasteiger partial charge in [0, 0.05) is 32.1 Å². The summed E-state index contributed by atoms with van der Waals surface area (Å²) in [6.45, 7) is 7.92. The average molecular weight is 296 g/mol. The Balaban J connectivity index is 1.50. The largest absolute Gasteiger partial charge is 0.444 e. The highest BCUT2D eigenvalue weighted by molar-refractivity contribution is 5.83. The van der Waals surface area contributed by atoms with E-state index in [1.54, 1.807) is 9.80 Å². The number of carbonyl (C=O) groups is 2. The Morgan fingerprint density at radius 2 is 1.71 bits per heavy atom. The van der Waals surface area contributed by atoms with Crippen molar-refractivity contribution in [1.82, 2.24) is 9.80 Å². The van der Waals surface area contributed by atoms with Crippen molar-refractivity contribution in [2.24, 2.45) is 17.8 Å². The van der Waals surface area contributed by atoms with Gasteiger partial charge >= 0.3 is 6.09 Å². The normalized spacial score (nSPS) is 34.9. The van der Waals surface area contributed by atoms with E-state index in [2.05, 4.69) is 0 Å². The highest BCUT2D eigenvalue weighted by atomic mass is 16.6. The Morgan fingerprint density at radius 3 is 2.19 bits per heavy atom. The number of hydrogen-bond acceptors (Lipinski definition) is 4.